The molecule has 3 rings (SSSR count). The summed E-state index contributed by atoms with van der Waals surface area (Å²) in [6.07, 6.45) is 0. The molecule has 0 radical (unpaired) electrons. The molecule has 1 aliphatic heterocycles. The largest absolute Gasteiger partial charge is 0.396 e. The van der Waals surface area contributed by atoms with E-state index in [9.17, 15) is 4.79 Å². The van der Waals surface area contributed by atoms with Gasteiger partial charge in [0.1, 0.15) is 0 Å². The first-order valence-corrected chi connectivity index (χ1v) is 6.45. The Bertz CT molecular complexity index is 633. The Morgan fingerprint density at radius 3 is 2.89 bits per heavy atom. The third-order valence-electron chi connectivity index (χ3n) is 3.58. The molecule has 1 aromatic carbocycles. The minimum atomic E-state index is 0.0344. The molecule has 1 aliphatic rings. The third kappa shape index (κ3) is 2.19. The van der Waals surface area contributed by atoms with E-state index in [-0.39, 0.29) is 18.4 Å². The van der Waals surface area contributed by atoms with Crippen LogP contribution in [0.4, 0.5) is 0 Å². The molecule has 1 amide bonds. The van der Waals surface area contributed by atoms with Crippen molar-refractivity contribution in [1.29, 1.82) is 0 Å². The highest BCUT2D eigenvalue weighted by Crippen LogP contribution is 2.20. The normalized spacial score (nSPS) is 15.6. The fourth-order valence-corrected chi connectivity index (χ4v) is 2.39. The van der Waals surface area contributed by atoms with Crippen LogP contribution in [0.25, 0.3) is 10.9 Å². The molecule has 4 nitrogen and oxygen atoms in total. The molecule has 98 valence electrons. The topological polar surface area (TPSA) is 53.4 Å². The number of benzene rings is 1. The van der Waals surface area contributed by atoms with Crippen LogP contribution in [0, 0.1) is 12.8 Å². The molecule has 0 aliphatic carbocycles. The number of nitrogens with zero attached hydrogens (tertiary/aromatic N) is 2. The van der Waals surface area contributed by atoms with E-state index >= 15 is 0 Å². The minimum absolute atomic E-state index is 0.0344. The van der Waals surface area contributed by atoms with Gasteiger partial charge in [-0.2, -0.15) is 0 Å². The summed E-state index contributed by atoms with van der Waals surface area (Å²) < 4.78 is 0. The van der Waals surface area contributed by atoms with Crippen molar-refractivity contribution in [3.8, 4) is 0 Å². The van der Waals surface area contributed by atoms with Crippen molar-refractivity contribution in [3.05, 3.63) is 41.6 Å². The maximum atomic E-state index is 12.2. The fraction of sp³-hybridized carbons (Fsp3) is 0.333. The number of aliphatic hydroxyl groups is 1. The Balaban J connectivity index is 1.85. The van der Waals surface area contributed by atoms with Crippen LogP contribution in [-0.4, -0.2) is 40.6 Å². The van der Waals surface area contributed by atoms with Crippen LogP contribution in [0.5, 0.6) is 0 Å². The summed E-state index contributed by atoms with van der Waals surface area (Å²) in [5, 5.41) is 9.96. The number of amides is 1. The van der Waals surface area contributed by atoms with E-state index in [1.165, 1.54) is 0 Å². The molecule has 1 saturated heterocycles. The summed E-state index contributed by atoms with van der Waals surface area (Å²) in [6, 6.07) is 9.53. The Labute approximate surface area is 111 Å². The number of fused-ring (bicyclic) bond motifs is 1. The lowest BCUT2D eigenvalue weighted by atomic mass is 9.99. The van der Waals surface area contributed by atoms with E-state index in [2.05, 4.69) is 4.98 Å². The van der Waals surface area contributed by atoms with Gasteiger partial charge in [-0.1, -0.05) is 6.07 Å². The molecule has 2 aromatic rings. The Kier molecular flexibility index (Phi) is 2.95. The number of carbonyl (C=O) groups is 1. The van der Waals surface area contributed by atoms with Crippen LogP contribution >= 0.6 is 0 Å². The zero-order valence-corrected chi connectivity index (χ0v) is 10.8. The smallest absolute Gasteiger partial charge is 0.253 e. The van der Waals surface area contributed by atoms with Crippen LogP contribution in [-0.2, 0) is 0 Å². The second kappa shape index (κ2) is 4.63. The predicted octanol–water partition coefficient (Wildman–Crippen LogP) is 1.61. The van der Waals surface area contributed by atoms with Crippen molar-refractivity contribution in [2.75, 3.05) is 19.7 Å². The van der Waals surface area contributed by atoms with Crippen LogP contribution in [0.2, 0.25) is 0 Å². The summed E-state index contributed by atoms with van der Waals surface area (Å²) >= 11 is 0. The Hall–Kier alpha value is -1.94. The van der Waals surface area contributed by atoms with Gasteiger partial charge in [0.15, 0.2) is 0 Å². The second-order valence-corrected chi connectivity index (χ2v) is 5.12. The lowest BCUT2D eigenvalue weighted by molar-refractivity contribution is 0.0362. The number of aryl methyl sites for hydroxylation is 1. The Morgan fingerprint density at radius 1 is 1.37 bits per heavy atom. The van der Waals surface area contributed by atoms with Crippen LogP contribution < -0.4 is 0 Å². The van der Waals surface area contributed by atoms with Gasteiger partial charge >= 0.3 is 0 Å². The predicted molar refractivity (Wildman–Crippen MR) is 73.0 cm³/mol. The molecule has 0 spiro atoms. The number of likely N-dealkylation sites (tertiary alicyclic amines) is 1. The van der Waals surface area contributed by atoms with Gasteiger partial charge in [-0.3, -0.25) is 9.78 Å². The molecule has 0 saturated carbocycles. The fourth-order valence-electron chi connectivity index (χ4n) is 2.39. The first-order valence-electron chi connectivity index (χ1n) is 6.45. The van der Waals surface area contributed by atoms with E-state index in [0.717, 1.165) is 16.6 Å². The van der Waals surface area contributed by atoms with Crippen molar-refractivity contribution in [3.63, 3.8) is 0 Å². The van der Waals surface area contributed by atoms with Crippen molar-refractivity contribution in [1.82, 2.24) is 9.88 Å². The van der Waals surface area contributed by atoms with Crippen molar-refractivity contribution in [2.24, 2.45) is 5.92 Å². The summed E-state index contributed by atoms with van der Waals surface area (Å²) in [6.45, 7) is 3.41. The molecule has 1 fully saturated rings. The quantitative estimate of drug-likeness (QED) is 0.888. The first-order chi connectivity index (χ1) is 9.17. The number of carbonyl (C=O) groups excluding carboxylic acids is 1. The highest BCUT2D eigenvalue weighted by molar-refractivity contribution is 5.98. The minimum Gasteiger partial charge on any atom is -0.396 e. The van der Waals surface area contributed by atoms with E-state index < -0.39 is 0 Å². The lowest BCUT2D eigenvalue weighted by Crippen LogP contribution is -2.51. The van der Waals surface area contributed by atoms with Crippen molar-refractivity contribution < 1.29 is 9.90 Å². The molecule has 2 heterocycles. The molecule has 1 N–H and O–H groups in total. The highest BCUT2D eigenvalue weighted by Gasteiger charge is 2.30. The number of aliphatic hydroxyl groups excluding tert-OH is 1. The summed E-state index contributed by atoms with van der Waals surface area (Å²) in [5.74, 6) is 0.279. The van der Waals surface area contributed by atoms with E-state index in [4.69, 9.17) is 5.11 Å². The Morgan fingerprint density at radius 2 is 2.16 bits per heavy atom. The van der Waals surface area contributed by atoms with E-state index in [1.54, 1.807) is 4.90 Å². The maximum Gasteiger partial charge on any atom is 0.253 e. The third-order valence-corrected chi connectivity index (χ3v) is 3.58. The van der Waals surface area contributed by atoms with Crippen LogP contribution in [0.3, 0.4) is 0 Å². The lowest BCUT2D eigenvalue weighted by Gasteiger charge is -2.38. The molecule has 0 atom stereocenters. The van der Waals surface area contributed by atoms with Gasteiger partial charge < -0.3 is 10.0 Å². The molecule has 19 heavy (non-hydrogen) atoms. The summed E-state index contributed by atoms with van der Waals surface area (Å²) in [5.41, 5.74) is 2.57. The van der Waals surface area contributed by atoms with Gasteiger partial charge in [0, 0.05) is 42.3 Å². The number of rotatable bonds is 2. The van der Waals surface area contributed by atoms with Gasteiger partial charge in [-0.15, -0.1) is 0 Å². The number of aromatic nitrogens is 1. The molecule has 4 heteroatoms. The number of pyridine rings is 1. The van der Waals surface area contributed by atoms with Gasteiger partial charge in [0.25, 0.3) is 5.91 Å². The average Bonchev–Trinajstić information content (AvgIpc) is 2.36. The van der Waals surface area contributed by atoms with Crippen LogP contribution in [0.15, 0.2) is 30.3 Å². The highest BCUT2D eigenvalue weighted by atomic mass is 16.3. The molecule has 1 aromatic heterocycles. The first kappa shape index (κ1) is 12.1. The van der Waals surface area contributed by atoms with Gasteiger partial charge in [0.05, 0.1) is 5.52 Å². The maximum absolute atomic E-state index is 12.2. The van der Waals surface area contributed by atoms with Gasteiger partial charge in [-0.25, -0.2) is 0 Å². The average molecular weight is 256 g/mol. The zero-order chi connectivity index (χ0) is 13.4. The number of hydrogen-bond donors (Lipinski definition) is 1. The summed E-state index contributed by atoms with van der Waals surface area (Å²) in [4.78, 5) is 18.4. The molecular formula is C15H16N2O2. The monoisotopic (exact) mass is 256 g/mol. The molecular weight excluding hydrogens is 240 g/mol. The van der Waals surface area contributed by atoms with E-state index in [1.807, 2.05) is 37.3 Å². The summed E-state index contributed by atoms with van der Waals surface area (Å²) in [7, 11) is 0. The molecule has 0 bridgehead atoms. The van der Waals surface area contributed by atoms with Gasteiger partial charge in [-0.05, 0) is 31.2 Å². The standard InChI is InChI=1S/C15H16N2O2/c1-10-2-3-12-6-13(4-5-14(12)16-10)15(19)17-7-11(8-17)9-18/h2-6,11,18H,7-9H2,1H3. The molecule has 0 unspecified atom stereocenters. The zero-order valence-electron chi connectivity index (χ0n) is 10.8. The van der Waals surface area contributed by atoms with E-state index in [0.29, 0.717) is 18.7 Å². The second-order valence-electron chi connectivity index (χ2n) is 5.12. The van der Waals surface area contributed by atoms with Crippen molar-refractivity contribution in [2.45, 2.75) is 6.92 Å². The van der Waals surface area contributed by atoms with Crippen molar-refractivity contribution >= 4 is 16.8 Å². The van der Waals surface area contributed by atoms with Gasteiger partial charge in [0.2, 0.25) is 0 Å². The number of hydrogen-bond acceptors (Lipinski definition) is 3. The SMILES string of the molecule is Cc1ccc2cc(C(=O)N3CC(CO)C3)ccc2n1. The van der Waals surface area contributed by atoms with Crippen LogP contribution in [0.1, 0.15) is 16.1 Å².